The number of nitrogens with zero attached hydrogens (tertiary/aromatic N) is 1. The van der Waals surface area contributed by atoms with E-state index in [1.807, 2.05) is 12.1 Å². The van der Waals surface area contributed by atoms with Crippen molar-refractivity contribution in [2.45, 2.75) is 38.3 Å². The Kier molecular flexibility index (Phi) is 4.72. The molecule has 0 heterocycles. The zero-order valence-electron chi connectivity index (χ0n) is 11.1. The van der Waals surface area contributed by atoms with E-state index in [0.29, 0.717) is 6.04 Å². The summed E-state index contributed by atoms with van der Waals surface area (Å²) in [5.41, 5.74) is 7.09. The maximum atomic E-state index is 12.8. The largest absolute Gasteiger partial charge is 0.328 e. The van der Waals surface area contributed by atoms with Gasteiger partial charge in [0.15, 0.2) is 0 Å². The summed E-state index contributed by atoms with van der Waals surface area (Å²) in [5.74, 6) is 0.609. The molecular formula is C15H23FN2. The highest BCUT2D eigenvalue weighted by atomic mass is 19.1. The van der Waals surface area contributed by atoms with Crippen LogP contribution in [0.4, 0.5) is 4.39 Å². The second-order valence-corrected chi connectivity index (χ2v) is 5.60. The van der Waals surface area contributed by atoms with Crippen molar-refractivity contribution in [2.75, 3.05) is 13.6 Å². The van der Waals surface area contributed by atoms with Gasteiger partial charge >= 0.3 is 0 Å². The first-order valence-corrected chi connectivity index (χ1v) is 6.82. The van der Waals surface area contributed by atoms with Crippen LogP contribution in [0.3, 0.4) is 0 Å². The van der Waals surface area contributed by atoms with Crippen molar-refractivity contribution in [1.29, 1.82) is 0 Å². The Labute approximate surface area is 109 Å². The molecule has 0 spiro atoms. The van der Waals surface area contributed by atoms with Crippen molar-refractivity contribution < 1.29 is 4.39 Å². The Hall–Kier alpha value is -0.930. The van der Waals surface area contributed by atoms with Gasteiger partial charge < -0.3 is 10.6 Å². The van der Waals surface area contributed by atoms with Gasteiger partial charge in [0.05, 0.1) is 0 Å². The third-order valence-electron chi connectivity index (χ3n) is 3.83. The summed E-state index contributed by atoms with van der Waals surface area (Å²) in [6.07, 6.45) is 4.81. The minimum atomic E-state index is -0.164. The molecule has 3 heteroatoms. The molecule has 1 aliphatic carbocycles. The Bertz CT molecular complexity index is 355. The summed E-state index contributed by atoms with van der Waals surface area (Å²) in [6.45, 7) is 2.01. The summed E-state index contributed by atoms with van der Waals surface area (Å²) in [7, 11) is 2.14. The first kappa shape index (κ1) is 13.5. The molecule has 1 saturated carbocycles. The van der Waals surface area contributed by atoms with Gasteiger partial charge in [0.2, 0.25) is 0 Å². The average molecular weight is 250 g/mol. The van der Waals surface area contributed by atoms with Crippen molar-refractivity contribution in [1.82, 2.24) is 4.90 Å². The van der Waals surface area contributed by atoms with Crippen LogP contribution in [-0.2, 0) is 6.54 Å². The molecule has 1 aromatic rings. The van der Waals surface area contributed by atoms with Gasteiger partial charge in [-0.2, -0.15) is 0 Å². The van der Waals surface area contributed by atoms with E-state index < -0.39 is 0 Å². The van der Waals surface area contributed by atoms with Crippen molar-refractivity contribution in [2.24, 2.45) is 11.7 Å². The van der Waals surface area contributed by atoms with E-state index in [1.165, 1.54) is 30.5 Å². The lowest BCUT2D eigenvalue weighted by atomic mass is 9.86. The lowest BCUT2D eigenvalue weighted by Crippen LogP contribution is -2.32. The standard InChI is InChI=1S/C15H23FN2/c1-18(10-12-2-6-14(16)7-3-12)11-13-4-8-15(17)9-5-13/h2-3,6-7,13,15H,4-5,8-11,17H2,1H3. The molecule has 0 aliphatic heterocycles. The molecule has 2 rings (SSSR count). The van der Waals surface area contributed by atoms with Gasteiger partial charge in [0.25, 0.3) is 0 Å². The minimum Gasteiger partial charge on any atom is -0.328 e. The van der Waals surface area contributed by atoms with Crippen LogP contribution < -0.4 is 5.73 Å². The van der Waals surface area contributed by atoms with E-state index in [9.17, 15) is 4.39 Å². The van der Waals surface area contributed by atoms with Gasteiger partial charge in [0, 0.05) is 19.1 Å². The molecule has 0 atom stereocenters. The Morgan fingerprint density at radius 1 is 1.17 bits per heavy atom. The maximum absolute atomic E-state index is 12.8. The fourth-order valence-electron chi connectivity index (χ4n) is 2.78. The monoisotopic (exact) mass is 250 g/mol. The third-order valence-corrected chi connectivity index (χ3v) is 3.83. The molecule has 0 bridgehead atoms. The molecule has 0 aromatic heterocycles. The molecule has 100 valence electrons. The predicted molar refractivity (Wildman–Crippen MR) is 72.7 cm³/mol. The van der Waals surface area contributed by atoms with Gasteiger partial charge in [-0.15, -0.1) is 0 Å². The number of nitrogens with two attached hydrogens (primary N) is 1. The molecule has 2 N–H and O–H groups in total. The first-order valence-electron chi connectivity index (χ1n) is 6.82. The summed E-state index contributed by atoms with van der Waals surface area (Å²) >= 11 is 0. The fraction of sp³-hybridized carbons (Fsp3) is 0.600. The van der Waals surface area contributed by atoms with E-state index in [1.54, 1.807) is 0 Å². The van der Waals surface area contributed by atoms with Crippen LogP contribution in [0, 0.1) is 11.7 Å². The van der Waals surface area contributed by atoms with Crippen LogP contribution in [-0.4, -0.2) is 24.5 Å². The van der Waals surface area contributed by atoms with E-state index in [-0.39, 0.29) is 5.82 Å². The molecule has 0 amide bonds. The summed E-state index contributed by atoms with van der Waals surface area (Å²) < 4.78 is 12.8. The molecule has 1 aromatic carbocycles. The molecule has 0 radical (unpaired) electrons. The fourth-order valence-corrected chi connectivity index (χ4v) is 2.78. The second kappa shape index (κ2) is 6.30. The molecule has 0 saturated heterocycles. The normalized spacial score (nSPS) is 24.4. The summed E-state index contributed by atoms with van der Waals surface area (Å²) in [6, 6.07) is 7.21. The highest BCUT2D eigenvalue weighted by Crippen LogP contribution is 2.24. The second-order valence-electron chi connectivity index (χ2n) is 5.60. The number of hydrogen-bond acceptors (Lipinski definition) is 2. The lowest BCUT2D eigenvalue weighted by Gasteiger charge is -2.29. The van der Waals surface area contributed by atoms with Crippen molar-refractivity contribution in [3.63, 3.8) is 0 Å². The van der Waals surface area contributed by atoms with Crippen molar-refractivity contribution in [3.05, 3.63) is 35.6 Å². The smallest absolute Gasteiger partial charge is 0.123 e. The van der Waals surface area contributed by atoms with Crippen LogP contribution >= 0.6 is 0 Å². The number of hydrogen-bond donors (Lipinski definition) is 1. The molecule has 0 unspecified atom stereocenters. The Balaban J connectivity index is 1.78. The van der Waals surface area contributed by atoms with Crippen LogP contribution in [0.25, 0.3) is 0 Å². The predicted octanol–water partition coefficient (Wildman–Crippen LogP) is 2.78. The molecule has 1 fully saturated rings. The van der Waals surface area contributed by atoms with E-state index in [0.717, 1.165) is 31.8 Å². The first-order chi connectivity index (χ1) is 8.63. The van der Waals surface area contributed by atoms with Crippen LogP contribution in [0.5, 0.6) is 0 Å². The topological polar surface area (TPSA) is 29.3 Å². The van der Waals surface area contributed by atoms with Gasteiger partial charge in [-0.25, -0.2) is 4.39 Å². The zero-order chi connectivity index (χ0) is 13.0. The van der Waals surface area contributed by atoms with Gasteiger partial charge in [-0.3, -0.25) is 0 Å². The highest BCUT2D eigenvalue weighted by Gasteiger charge is 2.19. The minimum absolute atomic E-state index is 0.164. The van der Waals surface area contributed by atoms with Gasteiger partial charge in [-0.05, 0) is 56.3 Å². The quantitative estimate of drug-likeness (QED) is 0.890. The highest BCUT2D eigenvalue weighted by molar-refractivity contribution is 5.15. The zero-order valence-corrected chi connectivity index (χ0v) is 11.1. The van der Waals surface area contributed by atoms with Crippen LogP contribution in [0.15, 0.2) is 24.3 Å². The lowest BCUT2D eigenvalue weighted by molar-refractivity contribution is 0.219. The maximum Gasteiger partial charge on any atom is 0.123 e. The third kappa shape index (κ3) is 4.07. The van der Waals surface area contributed by atoms with Crippen LogP contribution in [0.2, 0.25) is 0 Å². The van der Waals surface area contributed by atoms with E-state index in [2.05, 4.69) is 11.9 Å². The Morgan fingerprint density at radius 2 is 1.78 bits per heavy atom. The van der Waals surface area contributed by atoms with E-state index in [4.69, 9.17) is 5.73 Å². The van der Waals surface area contributed by atoms with E-state index >= 15 is 0 Å². The number of benzene rings is 1. The SMILES string of the molecule is CN(Cc1ccc(F)cc1)CC1CCC(N)CC1. The van der Waals surface area contributed by atoms with Crippen molar-refractivity contribution in [3.8, 4) is 0 Å². The molecule has 2 nitrogen and oxygen atoms in total. The number of rotatable bonds is 4. The van der Waals surface area contributed by atoms with Crippen LogP contribution in [0.1, 0.15) is 31.2 Å². The molecule has 1 aliphatic rings. The molecular weight excluding hydrogens is 227 g/mol. The van der Waals surface area contributed by atoms with Gasteiger partial charge in [-0.1, -0.05) is 12.1 Å². The Morgan fingerprint density at radius 3 is 2.39 bits per heavy atom. The summed E-state index contributed by atoms with van der Waals surface area (Å²) in [4.78, 5) is 2.33. The average Bonchev–Trinajstić information content (AvgIpc) is 2.35. The molecule has 18 heavy (non-hydrogen) atoms. The number of halogens is 1. The van der Waals surface area contributed by atoms with Crippen molar-refractivity contribution >= 4 is 0 Å². The summed E-state index contributed by atoms with van der Waals surface area (Å²) in [5, 5.41) is 0. The van der Waals surface area contributed by atoms with Gasteiger partial charge in [0.1, 0.15) is 5.82 Å².